The van der Waals surface area contributed by atoms with Crippen molar-refractivity contribution >= 4 is 22.8 Å². The van der Waals surface area contributed by atoms with Gasteiger partial charge in [-0.05, 0) is 43.4 Å². The highest BCUT2D eigenvalue weighted by Gasteiger charge is 2.17. The number of hydrogen-bond donors (Lipinski definition) is 3. The van der Waals surface area contributed by atoms with E-state index in [1.165, 1.54) is 36.0 Å². The maximum atomic E-state index is 5.92. The lowest BCUT2D eigenvalue weighted by atomic mass is 9.93. The highest BCUT2D eigenvalue weighted by atomic mass is 16.5. The van der Waals surface area contributed by atoms with Crippen molar-refractivity contribution in [1.29, 1.82) is 0 Å². The van der Waals surface area contributed by atoms with Crippen LogP contribution >= 0.6 is 0 Å². The maximum absolute atomic E-state index is 5.92. The third kappa shape index (κ3) is 4.29. The van der Waals surface area contributed by atoms with Gasteiger partial charge in [-0.1, -0.05) is 29.8 Å². The number of benzene rings is 1. The van der Waals surface area contributed by atoms with E-state index in [-0.39, 0.29) is 5.95 Å². The van der Waals surface area contributed by atoms with E-state index in [9.17, 15) is 0 Å². The summed E-state index contributed by atoms with van der Waals surface area (Å²) < 4.78 is 7.06. The van der Waals surface area contributed by atoms with Gasteiger partial charge < -0.3 is 20.9 Å². The first-order chi connectivity index (χ1) is 15.5. The molecule has 4 N–H and O–H groups in total. The van der Waals surface area contributed by atoms with Gasteiger partial charge in [0, 0.05) is 18.7 Å². The van der Waals surface area contributed by atoms with Gasteiger partial charge >= 0.3 is 0 Å². The summed E-state index contributed by atoms with van der Waals surface area (Å²) >= 11 is 0. The smallest absolute Gasteiger partial charge is 0.222 e. The number of nitrogens with zero attached hydrogens (tertiary/aromatic N) is 5. The van der Waals surface area contributed by atoms with Crippen molar-refractivity contribution in [2.45, 2.75) is 58.8 Å². The topological polar surface area (TPSA) is 120 Å². The van der Waals surface area contributed by atoms with Crippen molar-refractivity contribution in [1.82, 2.24) is 30.2 Å². The lowest BCUT2D eigenvalue weighted by Crippen LogP contribution is -2.34. The lowest BCUT2D eigenvalue weighted by Gasteiger charge is -2.26. The minimum absolute atomic E-state index is 0.204. The molecular formula is C23H28N8O. The van der Waals surface area contributed by atoms with Crippen LogP contribution in [0.5, 0.6) is 0 Å². The average Bonchev–Trinajstić information content (AvgIpc) is 3.33. The van der Waals surface area contributed by atoms with Gasteiger partial charge in [0.05, 0.1) is 19.3 Å². The zero-order valence-corrected chi connectivity index (χ0v) is 18.4. The summed E-state index contributed by atoms with van der Waals surface area (Å²) in [5.41, 5.74) is 12.0. The first-order valence-corrected chi connectivity index (χ1v) is 11.0. The summed E-state index contributed by atoms with van der Waals surface area (Å²) in [4.78, 5) is 8.77. The fraction of sp³-hybridized carbons (Fsp3) is 0.391. The Morgan fingerprint density at radius 3 is 2.75 bits per heavy atom. The summed E-state index contributed by atoms with van der Waals surface area (Å²) in [6, 6.07) is 9.21. The second-order valence-corrected chi connectivity index (χ2v) is 8.52. The van der Waals surface area contributed by atoms with Gasteiger partial charge in [-0.15, -0.1) is 0 Å². The monoisotopic (exact) mass is 432 g/mol. The van der Waals surface area contributed by atoms with E-state index >= 15 is 0 Å². The van der Waals surface area contributed by atoms with Crippen molar-refractivity contribution in [3.8, 4) is 0 Å². The molecule has 0 aliphatic heterocycles. The van der Waals surface area contributed by atoms with Crippen LogP contribution in [0.2, 0.25) is 0 Å². The Morgan fingerprint density at radius 2 is 2.03 bits per heavy atom. The van der Waals surface area contributed by atoms with Gasteiger partial charge in [-0.2, -0.15) is 10.1 Å². The molecule has 0 atom stereocenters. The molecule has 1 aliphatic carbocycles. The molecule has 0 unspecified atom stereocenters. The zero-order chi connectivity index (χ0) is 22.1. The van der Waals surface area contributed by atoms with Crippen LogP contribution in [0, 0.1) is 13.8 Å². The van der Waals surface area contributed by atoms with Gasteiger partial charge in [-0.3, -0.25) is 4.68 Å². The third-order valence-electron chi connectivity index (χ3n) is 6.05. The lowest BCUT2D eigenvalue weighted by molar-refractivity contribution is 0.338. The number of rotatable bonds is 8. The molecule has 9 heteroatoms. The number of aryl methyl sites for hydroxylation is 2. The third-order valence-corrected chi connectivity index (χ3v) is 6.05. The minimum Gasteiger partial charge on any atom is -0.368 e. The second-order valence-electron chi connectivity index (χ2n) is 8.52. The molecule has 0 radical (unpaired) electrons. The van der Waals surface area contributed by atoms with Gasteiger partial charge in [0.2, 0.25) is 5.95 Å². The van der Waals surface area contributed by atoms with Crippen LogP contribution in [-0.4, -0.2) is 30.9 Å². The van der Waals surface area contributed by atoms with Crippen molar-refractivity contribution in [3.05, 3.63) is 58.6 Å². The molecule has 0 amide bonds. The first kappa shape index (κ1) is 20.4. The van der Waals surface area contributed by atoms with Crippen molar-refractivity contribution in [2.75, 3.05) is 11.1 Å². The van der Waals surface area contributed by atoms with E-state index in [2.05, 4.69) is 56.0 Å². The van der Waals surface area contributed by atoms with Gasteiger partial charge in [0.1, 0.15) is 22.5 Å². The number of nitrogens with two attached hydrogens (primary N) is 1. The Labute approximate surface area is 186 Å². The van der Waals surface area contributed by atoms with E-state index in [0.717, 1.165) is 23.5 Å². The molecule has 5 rings (SSSR count). The van der Waals surface area contributed by atoms with Crippen LogP contribution in [0.25, 0.3) is 11.0 Å². The summed E-state index contributed by atoms with van der Waals surface area (Å²) in [6.07, 6.45) is 5.66. The first-order valence-electron chi connectivity index (χ1n) is 11.0. The fourth-order valence-corrected chi connectivity index (χ4v) is 4.02. The summed E-state index contributed by atoms with van der Waals surface area (Å²) in [7, 11) is 0. The Balaban J connectivity index is 1.36. The molecule has 1 fully saturated rings. The second kappa shape index (κ2) is 8.58. The zero-order valence-electron chi connectivity index (χ0n) is 18.4. The normalized spacial score (nSPS) is 14.1. The van der Waals surface area contributed by atoms with Gasteiger partial charge in [-0.25, -0.2) is 4.98 Å². The van der Waals surface area contributed by atoms with Crippen molar-refractivity contribution in [3.63, 3.8) is 0 Å². The van der Waals surface area contributed by atoms with Crippen LogP contribution in [0.1, 0.15) is 47.4 Å². The number of anilines is 2. The standard InChI is InChI=1S/C23H28N8O/c1-14-8-16(10-25-18-4-3-5-18)6-7-17(14)13-31-21-20(12-27-31)28-23(24)29-22(21)26-11-19-9-15(2)32-30-19/h6-9,12,18,25H,3-5,10-11,13H2,1-2H3,(H3,24,26,28,29). The van der Waals surface area contributed by atoms with Gasteiger partial charge in [0.15, 0.2) is 5.82 Å². The van der Waals surface area contributed by atoms with Crippen LogP contribution in [-0.2, 0) is 19.6 Å². The van der Waals surface area contributed by atoms with Crippen molar-refractivity contribution in [2.24, 2.45) is 0 Å². The van der Waals surface area contributed by atoms with Crippen LogP contribution in [0.3, 0.4) is 0 Å². The highest BCUT2D eigenvalue weighted by molar-refractivity contribution is 5.86. The van der Waals surface area contributed by atoms with Crippen LogP contribution in [0.15, 0.2) is 35.0 Å². The van der Waals surface area contributed by atoms with Crippen molar-refractivity contribution < 1.29 is 4.52 Å². The molecule has 1 aliphatic rings. The van der Waals surface area contributed by atoms with Crippen LogP contribution in [0.4, 0.5) is 11.8 Å². The molecule has 1 aromatic carbocycles. The summed E-state index contributed by atoms with van der Waals surface area (Å²) in [5.74, 6) is 1.60. The molecule has 166 valence electrons. The molecule has 0 bridgehead atoms. The number of nitrogens with one attached hydrogen (secondary N) is 2. The molecule has 9 nitrogen and oxygen atoms in total. The van der Waals surface area contributed by atoms with Crippen LogP contribution < -0.4 is 16.4 Å². The molecule has 32 heavy (non-hydrogen) atoms. The quantitative estimate of drug-likeness (QED) is 0.388. The predicted molar refractivity (Wildman–Crippen MR) is 123 cm³/mol. The Morgan fingerprint density at radius 1 is 1.16 bits per heavy atom. The largest absolute Gasteiger partial charge is 0.368 e. The maximum Gasteiger partial charge on any atom is 0.222 e. The molecule has 0 spiro atoms. The molecule has 4 aromatic rings. The van der Waals surface area contributed by atoms with E-state index < -0.39 is 0 Å². The van der Waals surface area contributed by atoms with E-state index in [1.54, 1.807) is 6.20 Å². The molecule has 3 heterocycles. The number of nitrogen functional groups attached to an aromatic ring is 1. The minimum atomic E-state index is 0.204. The van der Waals surface area contributed by atoms with E-state index in [0.29, 0.717) is 30.5 Å². The SMILES string of the molecule is Cc1cc(CNc2nc(N)nc3cnn(Cc4ccc(CNC5CCC5)cc4C)c23)no1. The average molecular weight is 433 g/mol. The Kier molecular flexibility index (Phi) is 5.48. The summed E-state index contributed by atoms with van der Waals surface area (Å²) in [6.45, 7) is 6.02. The molecular weight excluding hydrogens is 404 g/mol. The number of aromatic nitrogens is 5. The highest BCUT2D eigenvalue weighted by Crippen LogP contribution is 2.24. The number of hydrogen-bond acceptors (Lipinski definition) is 8. The van der Waals surface area contributed by atoms with Gasteiger partial charge in [0.25, 0.3) is 0 Å². The molecule has 3 aromatic heterocycles. The predicted octanol–water partition coefficient (Wildman–Crippen LogP) is 3.32. The Hall–Kier alpha value is -3.46. The summed E-state index contributed by atoms with van der Waals surface area (Å²) in [5, 5.41) is 15.5. The number of fused-ring (bicyclic) bond motifs is 1. The molecule has 0 saturated heterocycles. The van der Waals surface area contributed by atoms with E-state index in [4.69, 9.17) is 10.3 Å². The Bertz CT molecular complexity index is 1240. The fourth-order valence-electron chi connectivity index (χ4n) is 4.02. The van der Waals surface area contributed by atoms with E-state index in [1.807, 2.05) is 17.7 Å². The molecule has 1 saturated carbocycles.